The second-order valence-electron chi connectivity index (χ2n) is 13.7. The third-order valence-electron chi connectivity index (χ3n) is 8.63. The van der Waals surface area contributed by atoms with E-state index in [1.54, 1.807) is 0 Å². The van der Waals surface area contributed by atoms with Crippen molar-refractivity contribution in [3.05, 3.63) is 0 Å². The van der Waals surface area contributed by atoms with E-state index in [1.165, 1.54) is 96.3 Å². The van der Waals surface area contributed by atoms with E-state index in [4.69, 9.17) is 56.8 Å². The fraction of sp³-hybridized carbons (Fsp3) is 1.00. The number of unbranched alkanes of at least 4 members (excludes halogenated alkanes) is 15. The van der Waals surface area contributed by atoms with E-state index < -0.39 is 0 Å². The fourth-order valence-corrected chi connectivity index (χ4v) is 5.37. The van der Waals surface area contributed by atoms with E-state index in [-0.39, 0.29) is 0 Å². The van der Waals surface area contributed by atoms with Crippen molar-refractivity contribution in [2.45, 2.75) is 123 Å². The van der Waals surface area contributed by atoms with Crippen LogP contribution in [-0.2, 0) is 56.8 Å². The molecule has 12 heteroatoms. The predicted molar refractivity (Wildman–Crippen MR) is 220 cm³/mol. The summed E-state index contributed by atoms with van der Waals surface area (Å²) in [6, 6.07) is 0. The van der Waals surface area contributed by atoms with Crippen LogP contribution in [0.2, 0.25) is 0 Å². The van der Waals surface area contributed by atoms with Gasteiger partial charge in [-0.3, -0.25) is 0 Å². The lowest BCUT2D eigenvalue weighted by molar-refractivity contribution is -0.0284. The summed E-state index contributed by atoms with van der Waals surface area (Å²) in [5, 5.41) is 0. The van der Waals surface area contributed by atoms with Crippen LogP contribution in [0.4, 0.5) is 0 Å². The van der Waals surface area contributed by atoms with Gasteiger partial charge in [0, 0.05) is 13.2 Å². The Kier molecular flexibility index (Phi) is 53.1. The standard InChI is InChI=1S/C43H88O12/c1-3-5-7-9-11-12-13-14-15-17-19-21-45-23-25-47-27-29-49-31-33-51-35-37-53-39-41-55-43-42-54-40-38-52-36-34-50-32-30-48-28-26-46-24-22-44-20-18-16-10-8-6-4-2/h3-43H2,1-2H3. The zero-order valence-corrected chi connectivity index (χ0v) is 35.9. The minimum atomic E-state index is 0.522. The molecule has 0 radical (unpaired) electrons. The number of hydrogen-bond donors (Lipinski definition) is 0. The van der Waals surface area contributed by atoms with E-state index in [1.807, 2.05) is 0 Å². The molecule has 0 aromatic heterocycles. The lowest BCUT2D eigenvalue weighted by atomic mass is 10.1. The highest BCUT2D eigenvalue weighted by molar-refractivity contribution is 4.48. The maximum Gasteiger partial charge on any atom is 0.0701 e. The Morgan fingerprint density at radius 3 is 0.436 bits per heavy atom. The van der Waals surface area contributed by atoms with Crippen LogP contribution in [0.5, 0.6) is 0 Å². The van der Waals surface area contributed by atoms with Crippen molar-refractivity contribution < 1.29 is 56.8 Å². The first-order valence-corrected chi connectivity index (χ1v) is 22.3. The largest absolute Gasteiger partial charge is 0.379 e. The van der Waals surface area contributed by atoms with Crippen LogP contribution in [0.3, 0.4) is 0 Å². The molecular weight excluding hydrogens is 708 g/mol. The van der Waals surface area contributed by atoms with Gasteiger partial charge in [0.15, 0.2) is 0 Å². The topological polar surface area (TPSA) is 111 Å². The summed E-state index contributed by atoms with van der Waals surface area (Å²) in [6.45, 7) is 18.4. The van der Waals surface area contributed by atoms with Gasteiger partial charge in [-0.15, -0.1) is 0 Å². The summed E-state index contributed by atoms with van der Waals surface area (Å²) in [5.41, 5.74) is 0. The summed E-state index contributed by atoms with van der Waals surface area (Å²) >= 11 is 0. The Balaban J connectivity index is 3.05. The van der Waals surface area contributed by atoms with E-state index in [0.29, 0.717) is 145 Å². The fourth-order valence-electron chi connectivity index (χ4n) is 5.37. The number of hydrogen-bond acceptors (Lipinski definition) is 12. The van der Waals surface area contributed by atoms with Crippen molar-refractivity contribution in [1.29, 1.82) is 0 Å². The molecule has 0 N–H and O–H groups in total. The van der Waals surface area contributed by atoms with Crippen LogP contribution >= 0.6 is 0 Å². The molecule has 0 aromatic rings. The Hall–Kier alpha value is -0.480. The van der Waals surface area contributed by atoms with Crippen LogP contribution in [-0.4, -0.2) is 159 Å². The van der Waals surface area contributed by atoms with Gasteiger partial charge in [0.25, 0.3) is 0 Å². The van der Waals surface area contributed by atoms with Crippen molar-refractivity contribution in [1.82, 2.24) is 0 Å². The summed E-state index contributed by atoms with van der Waals surface area (Å²) in [5.74, 6) is 0. The van der Waals surface area contributed by atoms with Crippen molar-refractivity contribution >= 4 is 0 Å². The van der Waals surface area contributed by atoms with Gasteiger partial charge < -0.3 is 56.8 Å². The van der Waals surface area contributed by atoms with Crippen LogP contribution in [0.15, 0.2) is 0 Å². The van der Waals surface area contributed by atoms with Gasteiger partial charge in [0.1, 0.15) is 0 Å². The molecule has 0 aromatic carbocycles. The summed E-state index contributed by atoms with van der Waals surface area (Å²) < 4.78 is 66.5. The molecule has 55 heavy (non-hydrogen) atoms. The minimum Gasteiger partial charge on any atom is -0.379 e. The first kappa shape index (κ1) is 54.5. The second kappa shape index (κ2) is 53.5. The third-order valence-corrected chi connectivity index (χ3v) is 8.63. The summed E-state index contributed by atoms with van der Waals surface area (Å²) in [4.78, 5) is 0. The van der Waals surface area contributed by atoms with E-state index in [9.17, 15) is 0 Å². The zero-order valence-electron chi connectivity index (χ0n) is 35.9. The molecule has 0 aliphatic carbocycles. The highest BCUT2D eigenvalue weighted by Gasteiger charge is 1.98. The second-order valence-corrected chi connectivity index (χ2v) is 13.7. The molecule has 12 nitrogen and oxygen atoms in total. The lowest BCUT2D eigenvalue weighted by Crippen LogP contribution is -2.15. The monoisotopic (exact) mass is 797 g/mol. The molecule has 0 spiro atoms. The molecule has 0 aliphatic heterocycles. The Morgan fingerprint density at radius 1 is 0.145 bits per heavy atom. The number of ether oxygens (including phenoxy) is 12. The van der Waals surface area contributed by atoms with Gasteiger partial charge in [-0.1, -0.05) is 110 Å². The Morgan fingerprint density at radius 2 is 0.273 bits per heavy atom. The summed E-state index contributed by atoms with van der Waals surface area (Å²) in [6.07, 6.45) is 22.6. The molecule has 0 atom stereocenters. The lowest BCUT2D eigenvalue weighted by Gasteiger charge is -2.09. The molecule has 0 amide bonds. The third kappa shape index (κ3) is 53.5. The number of rotatable bonds is 52. The molecular formula is C43H88O12. The molecule has 332 valence electrons. The SMILES string of the molecule is CCCCCCCCCCCCCOCCOCCOCCOCCOCCOCCOCCOCCOCCOCCOCCOCCCCCCCC. The van der Waals surface area contributed by atoms with Gasteiger partial charge in [0.05, 0.1) is 145 Å². The van der Waals surface area contributed by atoms with Crippen molar-refractivity contribution in [2.24, 2.45) is 0 Å². The smallest absolute Gasteiger partial charge is 0.0701 e. The van der Waals surface area contributed by atoms with E-state index in [0.717, 1.165) is 26.1 Å². The molecule has 0 rings (SSSR count). The maximum absolute atomic E-state index is 5.67. The van der Waals surface area contributed by atoms with Gasteiger partial charge in [-0.25, -0.2) is 0 Å². The van der Waals surface area contributed by atoms with Crippen LogP contribution in [0.25, 0.3) is 0 Å². The highest BCUT2D eigenvalue weighted by Crippen LogP contribution is 2.11. The maximum atomic E-state index is 5.67. The average Bonchev–Trinajstić information content (AvgIpc) is 3.20. The van der Waals surface area contributed by atoms with Gasteiger partial charge in [0.2, 0.25) is 0 Å². The zero-order chi connectivity index (χ0) is 39.5. The average molecular weight is 797 g/mol. The normalized spacial score (nSPS) is 11.7. The molecule has 0 heterocycles. The van der Waals surface area contributed by atoms with Crippen LogP contribution in [0.1, 0.15) is 123 Å². The van der Waals surface area contributed by atoms with E-state index >= 15 is 0 Å². The first-order chi connectivity index (χ1) is 27.4. The summed E-state index contributed by atoms with van der Waals surface area (Å²) in [7, 11) is 0. The quantitative estimate of drug-likeness (QED) is 0.0559. The van der Waals surface area contributed by atoms with Crippen LogP contribution in [0, 0.1) is 0 Å². The molecule has 0 saturated heterocycles. The van der Waals surface area contributed by atoms with Crippen molar-refractivity contribution in [2.75, 3.05) is 159 Å². The predicted octanol–water partition coefficient (Wildman–Crippen LogP) is 7.86. The van der Waals surface area contributed by atoms with Crippen LogP contribution < -0.4 is 0 Å². The molecule has 0 saturated carbocycles. The molecule has 0 aliphatic rings. The molecule has 0 unspecified atom stereocenters. The van der Waals surface area contributed by atoms with Gasteiger partial charge in [-0.2, -0.15) is 0 Å². The van der Waals surface area contributed by atoms with Crippen molar-refractivity contribution in [3.63, 3.8) is 0 Å². The molecule has 0 bridgehead atoms. The highest BCUT2D eigenvalue weighted by atomic mass is 16.6. The van der Waals surface area contributed by atoms with Gasteiger partial charge in [-0.05, 0) is 12.8 Å². The van der Waals surface area contributed by atoms with E-state index in [2.05, 4.69) is 13.8 Å². The van der Waals surface area contributed by atoms with Crippen molar-refractivity contribution in [3.8, 4) is 0 Å². The first-order valence-electron chi connectivity index (χ1n) is 22.3. The van der Waals surface area contributed by atoms with Gasteiger partial charge >= 0.3 is 0 Å². The Bertz CT molecular complexity index is 597. The minimum absolute atomic E-state index is 0.522. The Labute approximate surface area is 337 Å². The molecule has 0 fully saturated rings.